The largest absolute Gasteiger partial charge is 0.492 e. The molecule has 0 bridgehead atoms. The van der Waals surface area contributed by atoms with Gasteiger partial charge in [-0.25, -0.2) is 0 Å². The molecule has 1 heterocycles. The Kier molecular flexibility index (Phi) is 4.46. The Bertz CT molecular complexity index is 551. The topological polar surface area (TPSA) is 77.5 Å². The molecule has 0 radical (unpaired) electrons. The summed E-state index contributed by atoms with van der Waals surface area (Å²) in [5.41, 5.74) is 6.25. The lowest BCUT2D eigenvalue weighted by molar-refractivity contribution is 0.0918. The van der Waals surface area contributed by atoms with Gasteiger partial charge in [-0.05, 0) is 52.3 Å². The van der Waals surface area contributed by atoms with Crippen LogP contribution in [0.2, 0.25) is 0 Å². The fourth-order valence-corrected chi connectivity index (χ4v) is 1.73. The van der Waals surface area contributed by atoms with Gasteiger partial charge in [0.15, 0.2) is 10.4 Å². The summed E-state index contributed by atoms with van der Waals surface area (Å²) in [4.78, 5) is 11.6. The molecule has 0 unspecified atom stereocenters. The number of carbonyl (C=O) groups is 1. The van der Waals surface area contributed by atoms with Crippen molar-refractivity contribution in [3.63, 3.8) is 0 Å². The van der Waals surface area contributed by atoms with Gasteiger partial charge in [0.05, 0.1) is 6.54 Å². The van der Waals surface area contributed by atoms with E-state index in [4.69, 9.17) is 14.9 Å². The second-order valence-corrected chi connectivity index (χ2v) is 4.56. The minimum Gasteiger partial charge on any atom is -0.492 e. The third-order valence-electron chi connectivity index (χ3n) is 2.33. The Labute approximate surface area is 118 Å². The average Bonchev–Trinajstić information content (AvgIpc) is 2.83. The second-order valence-electron chi connectivity index (χ2n) is 3.78. The number of nitrogens with two attached hydrogens (primary N) is 1. The fraction of sp³-hybridized carbons (Fsp3) is 0.154. The van der Waals surface area contributed by atoms with Crippen molar-refractivity contribution in [2.45, 2.75) is 0 Å². The molecule has 1 aromatic heterocycles. The fourth-order valence-electron chi connectivity index (χ4n) is 1.42. The molecule has 1 amide bonds. The van der Waals surface area contributed by atoms with Gasteiger partial charge in [-0.2, -0.15) is 0 Å². The SMILES string of the molecule is Nc1ccc(OCCNC(=O)c2ccc(Br)o2)cc1. The Morgan fingerprint density at radius 1 is 1.26 bits per heavy atom. The van der Waals surface area contributed by atoms with Crippen molar-refractivity contribution in [2.24, 2.45) is 0 Å². The highest BCUT2D eigenvalue weighted by molar-refractivity contribution is 9.10. The van der Waals surface area contributed by atoms with E-state index in [9.17, 15) is 4.79 Å². The van der Waals surface area contributed by atoms with Crippen molar-refractivity contribution in [3.8, 4) is 5.75 Å². The van der Waals surface area contributed by atoms with E-state index in [1.54, 1.807) is 36.4 Å². The number of nitrogens with one attached hydrogen (secondary N) is 1. The summed E-state index contributed by atoms with van der Waals surface area (Å²) < 4.78 is 11.1. The van der Waals surface area contributed by atoms with Crippen molar-refractivity contribution in [1.29, 1.82) is 0 Å². The van der Waals surface area contributed by atoms with Crippen LogP contribution in [-0.4, -0.2) is 19.1 Å². The molecule has 100 valence electrons. The minimum absolute atomic E-state index is 0.263. The molecule has 19 heavy (non-hydrogen) atoms. The molecule has 0 aliphatic rings. The van der Waals surface area contributed by atoms with Gasteiger partial charge in [-0.1, -0.05) is 0 Å². The molecule has 0 saturated carbocycles. The van der Waals surface area contributed by atoms with Gasteiger partial charge in [-0.15, -0.1) is 0 Å². The zero-order valence-electron chi connectivity index (χ0n) is 10.1. The Hall–Kier alpha value is -1.95. The maximum absolute atomic E-state index is 11.6. The summed E-state index contributed by atoms with van der Waals surface area (Å²) in [7, 11) is 0. The zero-order chi connectivity index (χ0) is 13.7. The molecular weight excluding hydrogens is 312 g/mol. The minimum atomic E-state index is -0.272. The molecule has 1 aromatic carbocycles. The van der Waals surface area contributed by atoms with Crippen LogP contribution in [-0.2, 0) is 0 Å². The van der Waals surface area contributed by atoms with Crippen LogP contribution < -0.4 is 15.8 Å². The maximum atomic E-state index is 11.6. The number of benzene rings is 1. The van der Waals surface area contributed by atoms with Gasteiger partial charge >= 0.3 is 0 Å². The third kappa shape index (κ3) is 4.03. The number of furan rings is 1. The highest BCUT2D eigenvalue weighted by atomic mass is 79.9. The van der Waals surface area contributed by atoms with Crippen molar-refractivity contribution in [1.82, 2.24) is 5.32 Å². The number of halogens is 1. The smallest absolute Gasteiger partial charge is 0.287 e. The molecule has 0 saturated heterocycles. The van der Waals surface area contributed by atoms with E-state index < -0.39 is 0 Å². The summed E-state index contributed by atoms with van der Waals surface area (Å²) >= 11 is 3.14. The Balaban J connectivity index is 1.72. The van der Waals surface area contributed by atoms with Crippen LogP contribution in [0, 0.1) is 0 Å². The van der Waals surface area contributed by atoms with E-state index in [1.807, 2.05) is 0 Å². The standard InChI is InChI=1S/C13H13BrN2O3/c14-12-6-5-11(19-12)13(17)16-7-8-18-10-3-1-9(15)2-4-10/h1-6H,7-8,15H2,(H,16,17). The van der Waals surface area contributed by atoms with E-state index in [0.29, 0.717) is 29.3 Å². The number of rotatable bonds is 5. The lowest BCUT2D eigenvalue weighted by Crippen LogP contribution is -2.27. The van der Waals surface area contributed by atoms with Gasteiger partial charge in [0, 0.05) is 5.69 Å². The number of amides is 1. The molecular formula is C13H13BrN2O3. The summed E-state index contributed by atoms with van der Waals surface area (Å²) in [6.07, 6.45) is 0. The summed E-state index contributed by atoms with van der Waals surface area (Å²) in [6.45, 7) is 0.763. The van der Waals surface area contributed by atoms with Crippen molar-refractivity contribution in [2.75, 3.05) is 18.9 Å². The molecule has 0 fully saturated rings. The van der Waals surface area contributed by atoms with Crippen molar-refractivity contribution in [3.05, 3.63) is 46.8 Å². The first-order valence-electron chi connectivity index (χ1n) is 5.67. The molecule has 0 atom stereocenters. The number of nitrogen functional groups attached to an aromatic ring is 1. The number of ether oxygens (including phenoxy) is 1. The highest BCUT2D eigenvalue weighted by Crippen LogP contribution is 2.14. The third-order valence-corrected chi connectivity index (χ3v) is 2.76. The molecule has 2 aromatic rings. The van der Waals surface area contributed by atoms with Crippen LogP contribution in [0.25, 0.3) is 0 Å². The van der Waals surface area contributed by atoms with Crippen LogP contribution in [0.3, 0.4) is 0 Å². The molecule has 0 spiro atoms. The molecule has 6 heteroatoms. The summed E-state index contributed by atoms with van der Waals surface area (Å²) in [6, 6.07) is 10.3. The van der Waals surface area contributed by atoms with E-state index >= 15 is 0 Å². The van der Waals surface area contributed by atoms with Crippen LogP contribution >= 0.6 is 15.9 Å². The van der Waals surface area contributed by atoms with E-state index in [-0.39, 0.29) is 11.7 Å². The Morgan fingerprint density at radius 2 is 2.00 bits per heavy atom. The van der Waals surface area contributed by atoms with Crippen LogP contribution in [0.15, 0.2) is 45.5 Å². The highest BCUT2D eigenvalue weighted by Gasteiger charge is 2.09. The van der Waals surface area contributed by atoms with Gasteiger partial charge < -0.3 is 20.2 Å². The van der Waals surface area contributed by atoms with Gasteiger partial charge in [0.25, 0.3) is 5.91 Å². The van der Waals surface area contributed by atoms with Crippen molar-refractivity contribution < 1.29 is 13.9 Å². The normalized spacial score (nSPS) is 10.2. The predicted molar refractivity (Wildman–Crippen MR) is 75.1 cm³/mol. The monoisotopic (exact) mass is 324 g/mol. The Morgan fingerprint density at radius 3 is 2.63 bits per heavy atom. The number of hydrogen-bond donors (Lipinski definition) is 2. The van der Waals surface area contributed by atoms with E-state index in [1.165, 1.54) is 0 Å². The quantitative estimate of drug-likeness (QED) is 0.654. The van der Waals surface area contributed by atoms with Crippen LogP contribution in [0.4, 0.5) is 5.69 Å². The maximum Gasteiger partial charge on any atom is 0.287 e. The molecule has 0 aliphatic heterocycles. The van der Waals surface area contributed by atoms with Crippen LogP contribution in [0.5, 0.6) is 5.75 Å². The van der Waals surface area contributed by atoms with Crippen molar-refractivity contribution >= 4 is 27.5 Å². The summed E-state index contributed by atoms with van der Waals surface area (Å²) in [5.74, 6) is 0.704. The molecule has 5 nitrogen and oxygen atoms in total. The number of hydrogen-bond acceptors (Lipinski definition) is 4. The second kappa shape index (κ2) is 6.29. The first kappa shape index (κ1) is 13.5. The van der Waals surface area contributed by atoms with Gasteiger partial charge in [-0.3, -0.25) is 4.79 Å². The lowest BCUT2D eigenvalue weighted by Gasteiger charge is -2.07. The van der Waals surface area contributed by atoms with Gasteiger partial charge in [0.2, 0.25) is 0 Å². The van der Waals surface area contributed by atoms with Crippen LogP contribution in [0.1, 0.15) is 10.6 Å². The summed E-state index contributed by atoms with van der Waals surface area (Å²) in [5, 5.41) is 2.69. The number of anilines is 1. The predicted octanol–water partition coefficient (Wildman–Crippen LogP) is 2.43. The number of carbonyl (C=O) groups excluding carboxylic acids is 1. The molecule has 2 rings (SSSR count). The lowest BCUT2D eigenvalue weighted by atomic mass is 10.3. The van der Waals surface area contributed by atoms with E-state index in [2.05, 4.69) is 21.2 Å². The van der Waals surface area contributed by atoms with Gasteiger partial charge in [0.1, 0.15) is 12.4 Å². The van der Waals surface area contributed by atoms with E-state index in [0.717, 1.165) is 0 Å². The average molecular weight is 325 g/mol. The first-order valence-corrected chi connectivity index (χ1v) is 6.46. The first-order chi connectivity index (χ1) is 9.15. The molecule has 3 N–H and O–H groups in total. The molecule has 0 aliphatic carbocycles. The zero-order valence-corrected chi connectivity index (χ0v) is 11.6.